The van der Waals surface area contributed by atoms with Gasteiger partial charge in [0, 0.05) is 5.39 Å². The van der Waals surface area contributed by atoms with Crippen molar-refractivity contribution >= 4 is 10.8 Å². The molecule has 3 aromatic rings. The van der Waals surface area contributed by atoms with Crippen LogP contribution in [-0.4, -0.2) is 12.8 Å². The third kappa shape index (κ3) is 7.44. The largest absolute Gasteiger partial charge is 0.478 e. The standard InChI is InChI=1S/C27H29F5O/c1-2-3-4-5-6-7-19-8-10-20(11-9-19)12-13-21-14-15-23-22(16-21)17-24(28)26(25(23)29)33-18-27(30,31)32/h8-11,14-17H,2-7,12-13,18H2,1H3. The van der Waals surface area contributed by atoms with Gasteiger partial charge in [-0.25, -0.2) is 8.78 Å². The summed E-state index contributed by atoms with van der Waals surface area (Å²) in [6, 6.07) is 14.4. The number of unbranched alkanes of at least 4 members (excludes halogenated alkanes) is 4. The van der Waals surface area contributed by atoms with Crippen LogP contribution in [0, 0.1) is 11.6 Å². The quantitative estimate of drug-likeness (QED) is 0.205. The molecule has 0 atom stereocenters. The molecule has 1 nitrogen and oxygen atoms in total. The van der Waals surface area contributed by atoms with Crippen molar-refractivity contribution in [2.24, 2.45) is 0 Å². The van der Waals surface area contributed by atoms with Crippen LogP contribution in [0.15, 0.2) is 48.5 Å². The van der Waals surface area contributed by atoms with Crippen molar-refractivity contribution in [3.05, 3.63) is 76.9 Å². The highest BCUT2D eigenvalue weighted by molar-refractivity contribution is 5.85. The minimum atomic E-state index is -4.68. The van der Waals surface area contributed by atoms with E-state index in [1.54, 1.807) is 12.1 Å². The molecule has 0 spiro atoms. The maximum Gasteiger partial charge on any atom is 0.422 e. The lowest BCUT2D eigenvalue weighted by Crippen LogP contribution is -2.20. The van der Waals surface area contributed by atoms with Crippen LogP contribution in [0.3, 0.4) is 0 Å². The molecule has 0 unspecified atom stereocenters. The predicted molar refractivity (Wildman–Crippen MR) is 122 cm³/mol. The number of ether oxygens (including phenoxy) is 1. The molecule has 0 amide bonds. The van der Waals surface area contributed by atoms with E-state index in [1.807, 2.05) is 0 Å². The fraction of sp³-hybridized carbons (Fsp3) is 0.407. The maximum absolute atomic E-state index is 14.5. The number of aryl methyl sites for hydroxylation is 3. The summed E-state index contributed by atoms with van der Waals surface area (Å²) in [4.78, 5) is 0. The van der Waals surface area contributed by atoms with E-state index in [2.05, 4.69) is 35.9 Å². The van der Waals surface area contributed by atoms with Gasteiger partial charge in [0.2, 0.25) is 0 Å². The summed E-state index contributed by atoms with van der Waals surface area (Å²) in [5, 5.41) is 0.320. The van der Waals surface area contributed by atoms with E-state index in [1.165, 1.54) is 49.3 Å². The lowest BCUT2D eigenvalue weighted by molar-refractivity contribution is -0.154. The van der Waals surface area contributed by atoms with Gasteiger partial charge in [-0.1, -0.05) is 75.1 Å². The number of alkyl halides is 3. The van der Waals surface area contributed by atoms with E-state index in [4.69, 9.17) is 0 Å². The van der Waals surface area contributed by atoms with Crippen molar-refractivity contribution in [1.29, 1.82) is 0 Å². The van der Waals surface area contributed by atoms with Gasteiger partial charge in [0.15, 0.2) is 24.0 Å². The Bertz CT molecular complexity index is 1040. The van der Waals surface area contributed by atoms with Crippen LogP contribution in [0.25, 0.3) is 10.8 Å². The van der Waals surface area contributed by atoms with Crippen LogP contribution < -0.4 is 4.74 Å². The van der Waals surface area contributed by atoms with Crippen LogP contribution >= 0.6 is 0 Å². The second-order valence-corrected chi connectivity index (χ2v) is 8.44. The van der Waals surface area contributed by atoms with Gasteiger partial charge >= 0.3 is 6.18 Å². The minimum absolute atomic E-state index is 0.0283. The second-order valence-electron chi connectivity index (χ2n) is 8.44. The van der Waals surface area contributed by atoms with Gasteiger partial charge in [-0.3, -0.25) is 0 Å². The summed E-state index contributed by atoms with van der Waals surface area (Å²) in [6.07, 6.45) is 4.15. The predicted octanol–water partition coefficient (Wildman–Crippen LogP) is 8.36. The van der Waals surface area contributed by atoms with Gasteiger partial charge in [-0.05, 0) is 53.8 Å². The topological polar surface area (TPSA) is 9.23 Å². The smallest absolute Gasteiger partial charge is 0.422 e. The maximum atomic E-state index is 14.5. The molecule has 0 aliphatic carbocycles. The number of hydrogen-bond acceptors (Lipinski definition) is 1. The molecule has 3 aromatic carbocycles. The summed E-state index contributed by atoms with van der Waals surface area (Å²) in [7, 11) is 0. The molecule has 3 rings (SSSR count). The molecule has 0 fully saturated rings. The van der Waals surface area contributed by atoms with Crippen molar-refractivity contribution in [2.75, 3.05) is 6.61 Å². The van der Waals surface area contributed by atoms with Crippen molar-refractivity contribution in [2.45, 2.75) is 64.5 Å². The van der Waals surface area contributed by atoms with Crippen molar-refractivity contribution in [3.63, 3.8) is 0 Å². The summed E-state index contributed by atoms with van der Waals surface area (Å²) in [5.74, 6) is -3.27. The molecule has 0 N–H and O–H groups in total. The third-order valence-corrected chi connectivity index (χ3v) is 5.73. The zero-order valence-corrected chi connectivity index (χ0v) is 18.8. The van der Waals surface area contributed by atoms with Gasteiger partial charge in [0.25, 0.3) is 0 Å². The van der Waals surface area contributed by atoms with Gasteiger partial charge in [-0.15, -0.1) is 0 Å². The first-order valence-corrected chi connectivity index (χ1v) is 11.4. The Balaban J connectivity index is 1.61. The number of rotatable bonds is 11. The van der Waals surface area contributed by atoms with E-state index in [-0.39, 0.29) is 5.39 Å². The van der Waals surface area contributed by atoms with Crippen LogP contribution in [0.4, 0.5) is 22.0 Å². The fourth-order valence-corrected chi connectivity index (χ4v) is 3.90. The first-order chi connectivity index (χ1) is 15.8. The van der Waals surface area contributed by atoms with Crippen molar-refractivity contribution in [3.8, 4) is 5.75 Å². The first kappa shape index (κ1) is 25.0. The number of benzene rings is 3. The summed E-state index contributed by atoms with van der Waals surface area (Å²) in [6.45, 7) is 0.461. The summed E-state index contributed by atoms with van der Waals surface area (Å²) < 4.78 is 70.1. The average molecular weight is 465 g/mol. The molecule has 6 heteroatoms. The van der Waals surface area contributed by atoms with E-state index in [0.717, 1.165) is 24.5 Å². The average Bonchev–Trinajstić information content (AvgIpc) is 2.77. The summed E-state index contributed by atoms with van der Waals surface area (Å²) in [5.41, 5.74) is 3.40. The third-order valence-electron chi connectivity index (χ3n) is 5.73. The Morgan fingerprint density at radius 2 is 1.33 bits per heavy atom. The molecule has 0 heterocycles. The Labute approximate surface area is 191 Å². The molecule has 178 valence electrons. The van der Waals surface area contributed by atoms with E-state index in [0.29, 0.717) is 11.8 Å². The highest BCUT2D eigenvalue weighted by Gasteiger charge is 2.30. The van der Waals surface area contributed by atoms with Gasteiger partial charge in [0.1, 0.15) is 0 Å². The van der Waals surface area contributed by atoms with Crippen LogP contribution in [-0.2, 0) is 19.3 Å². The van der Waals surface area contributed by atoms with Gasteiger partial charge in [-0.2, -0.15) is 13.2 Å². The second kappa shape index (κ2) is 11.5. The molecule has 33 heavy (non-hydrogen) atoms. The molecule has 0 aromatic heterocycles. The zero-order chi connectivity index (χ0) is 23.8. The number of hydrogen-bond donors (Lipinski definition) is 0. The molecular formula is C27H29F5O. The van der Waals surface area contributed by atoms with Gasteiger partial charge < -0.3 is 4.74 Å². The van der Waals surface area contributed by atoms with Crippen molar-refractivity contribution < 1.29 is 26.7 Å². The monoisotopic (exact) mass is 464 g/mol. The van der Waals surface area contributed by atoms with Crippen LogP contribution in [0.2, 0.25) is 0 Å². The van der Waals surface area contributed by atoms with Crippen LogP contribution in [0.5, 0.6) is 5.75 Å². The SMILES string of the molecule is CCCCCCCc1ccc(CCc2ccc3c(F)c(OCC(F)(F)F)c(F)cc3c2)cc1. The Morgan fingerprint density at radius 1 is 0.727 bits per heavy atom. The van der Waals surface area contributed by atoms with E-state index < -0.39 is 30.2 Å². The van der Waals surface area contributed by atoms with E-state index >= 15 is 0 Å². The lowest BCUT2D eigenvalue weighted by atomic mass is 9.99. The molecule has 0 saturated heterocycles. The zero-order valence-electron chi connectivity index (χ0n) is 18.8. The molecule has 0 bridgehead atoms. The van der Waals surface area contributed by atoms with Gasteiger partial charge in [0.05, 0.1) is 0 Å². The Morgan fingerprint density at radius 3 is 2.00 bits per heavy atom. The van der Waals surface area contributed by atoms with Crippen molar-refractivity contribution in [1.82, 2.24) is 0 Å². The highest BCUT2D eigenvalue weighted by atomic mass is 19.4. The molecule has 0 aliphatic heterocycles. The highest BCUT2D eigenvalue weighted by Crippen LogP contribution is 2.32. The molecular weight excluding hydrogens is 435 g/mol. The normalized spacial score (nSPS) is 11.8. The number of fused-ring (bicyclic) bond motifs is 1. The Hall–Kier alpha value is -2.63. The van der Waals surface area contributed by atoms with Crippen LogP contribution in [0.1, 0.15) is 55.7 Å². The minimum Gasteiger partial charge on any atom is -0.478 e. The lowest BCUT2D eigenvalue weighted by Gasteiger charge is -2.13. The molecule has 0 radical (unpaired) electrons. The van der Waals surface area contributed by atoms with E-state index in [9.17, 15) is 22.0 Å². The molecule has 0 saturated carbocycles. The Kier molecular flexibility index (Phi) is 8.70. The molecule has 0 aliphatic rings. The fourth-order valence-electron chi connectivity index (χ4n) is 3.90. The number of halogens is 5. The summed E-state index contributed by atoms with van der Waals surface area (Å²) >= 11 is 0. The first-order valence-electron chi connectivity index (χ1n) is 11.4.